The predicted octanol–water partition coefficient (Wildman–Crippen LogP) is 5.75. The molecule has 0 unspecified atom stereocenters. The molecule has 0 bridgehead atoms. The van der Waals surface area contributed by atoms with Crippen LogP contribution in [0.1, 0.15) is 30.4 Å². The summed E-state index contributed by atoms with van der Waals surface area (Å²) in [5.74, 6) is 0.749. The molecule has 6 rings (SSSR count). The molecular weight excluding hydrogens is 456 g/mol. The molecule has 1 aliphatic carbocycles. The molecule has 0 amide bonds. The summed E-state index contributed by atoms with van der Waals surface area (Å²) in [6.45, 7) is 0.567. The topological polar surface area (TPSA) is 64.9 Å². The van der Waals surface area contributed by atoms with Gasteiger partial charge in [-0.25, -0.2) is 14.5 Å². The molecule has 0 atom stereocenters. The minimum Gasteiger partial charge on any atom is -0.491 e. The molecule has 5 aromatic rings. The van der Waals surface area contributed by atoms with Gasteiger partial charge in [-0.15, -0.1) is 0 Å². The lowest BCUT2D eigenvalue weighted by Crippen LogP contribution is -2.43. The summed E-state index contributed by atoms with van der Waals surface area (Å²) < 4.78 is 8.28. The zero-order valence-corrected chi connectivity index (χ0v) is 21.1. The van der Waals surface area contributed by atoms with E-state index in [1.165, 1.54) is 17.5 Å². The zero-order valence-electron chi connectivity index (χ0n) is 21.1. The van der Waals surface area contributed by atoms with Crippen molar-refractivity contribution in [2.24, 2.45) is 12.8 Å². The molecule has 0 saturated heterocycles. The third-order valence-electron chi connectivity index (χ3n) is 7.38. The Kier molecular flexibility index (Phi) is 6.15. The van der Waals surface area contributed by atoms with E-state index >= 15 is 0 Å². The molecule has 0 spiro atoms. The lowest BCUT2D eigenvalue weighted by atomic mass is 9.72. The van der Waals surface area contributed by atoms with Crippen LogP contribution in [0.3, 0.4) is 0 Å². The van der Waals surface area contributed by atoms with Crippen molar-refractivity contribution in [2.45, 2.75) is 31.2 Å². The van der Waals surface area contributed by atoms with E-state index in [4.69, 9.17) is 20.4 Å². The highest BCUT2D eigenvalue weighted by Gasteiger charge is 2.34. The van der Waals surface area contributed by atoms with Crippen LogP contribution in [0.2, 0.25) is 0 Å². The third-order valence-corrected chi connectivity index (χ3v) is 7.38. The second kappa shape index (κ2) is 9.75. The van der Waals surface area contributed by atoms with Crippen LogP contribution < -0.4 is 15.0 Å². The fourth-order valence-electron chi connectivity index (χ4n) is 4.95. The summed E-state index contributed by atoms with van der Waals surface area (Å²) >= 11 is 0. The Morgan fingerprint density at radius 3 is 2.22 bits per heavy atom. The Morgan fingerprint density at radius 2 is 1.51 bits per heavy atom. The van der Waals surface area contributed by atoms with E-state index in [0.717, 1.165) is 58.6 Å². The summed E-state index contributed by atoms with van der Waals surface area (Å²) in [5.41, 5.74) is 14.2. The second-order valence-corrected chi connectivity index (χ2v) is 9.97. The summed E-state index contributed by atoms with van der Waals surface area (Å²) in [5, 5.41) is 0. The molecule has 184 valence electrons. The Balaban J connectivity index is 1.38. The molecule has 2 aromatic heterocycles. The fourth-order valence-corrected chi connectivity index (χ4v) is 4.95. The minimum absolute atomic E-state index is 0.187. The molecule has 37 heavy (non-hydrogen) atoms. The lowest BCUT2D eigenvalue weighted by Gasteiger charge is -2.38. The zero-order chi connectivity index (χ0) is 25.2. The second-order valence-electron chi connectivity index (χ2n) is 9.97. The number of fused-ring (bicyclic) bond motifs is 1. The normalized spacial score (nSPS) is 14.3. The highest BCUT2D eigenvalue weighted by molar-refractivity contribution is 5.89. The number of hydrogen-bond donors (Lipinski definition) is 1. The monoisotopic (exact) mass is 487 g/mol. The molecule has 3 aromatic carbocycles. The van der Waals surface area contributed by atoms with Gasteiger partial charge in [0, 0.05) is 35.2 Å². The molecule has 5 heteroatoms. The standard InChI is InChI=1S/C32H31N4O/c1-36-20-15-23(16-21-36)17-22-37-28-10-5-9-27-31(28)35-30(29(34-27)24-7-3-2-4-8-24)25-11-13-26(14-12-25)32(33)18-6-19-32/h2-5,7-16,20-21H,6,17-19,22,33H2,1H3/q+1. The molecule has 0 radical (unpaired) electrons. The van der Waals surface area contributed by atoms with Crippen molar-refractivity contribution in [3.63, 3.8) is 0 Å². The number of nitrogens with two attached hydrogens (primary N) is 1. The molecule has 5 nitrogen and oxygen atoms in total. The summed E-state index contributed by atoms with van der Waals surface area (Å²) in [6, 6.07) is 29.0. The van der Waals surface area contributed by atoms with E-state index in [-0.39, 0.29) is 5.54 Å². The average Bonchev–Trinajstić information content (AvgIpc) is 2.93. The fraction of sp³-hybridized carbons (Fsp3) is 0.219. The van der Waals surface area contributed by atoms with Crippen LogP contribution in [0.4, 0.5) is 0 Å². The van der Waals surface area contributed by atoms with E-state index in [0.29, 0.717) is 6.61 Å². The molecule has 2 N–H and O–H groups in total. The number of pyridine rings is 1. The van der Waals surface area contributed by atoms with Gasteiger partial charge < -0.3 is 10.5 Å². The molecular formula is C32H31N4O+. The number of rotatable bonds is 7. The first-order chi connectivity index (χ1) is 18.1. The van der Waals surface area contributed by atoms with Crippen molar-refractivity contribution in [2.75, 3.05) is 6.61 Å². The van der Waals surface area contributed by atoms with Gasteiger partial charge in [-0.1, -0.05) is 60.7 Å². The van der Waals surface area contributed by atoms with Crippen molar-refractivity contribution in [3.05, 3.63) is 108 Å². The van der Waals surface area contributed by atoms with Crippen molar-refractivity contribution in [1.29, 1.82) is 0 Å². The predicted molar refractivity (Wildman–Crippen MR) is 147 cm³/mol. The van der Waals surface area contributed by atoms with Gasteiger partial charge >= 0.3 is 0 Å². The maximum absolute atomic E-state index is 6.58. The van der Waals surface area contributed by atoms with Gasteiger partial charge in [-0.05, 0) is 42.5 Å². The van der Waals surface area contributed by atoms with Crippen LogP contribution in [-0.2, 0) is 19.0 Å². The van der Waals surface area contributed by atoms with Gasteiger partial charge in [0.1, 0.15) is 18.3 Å². The van der Waals surface area contributed by atoms with Crippen LogP contribution >= 0.6 is 0 Å². The first-order valence-corrected chi connectivity index (χ1v) is 12.9. The van der Waals surface area contributed by atoms with Gasteiger partial charge in [0.25, 0.3) is 0 Å². The smallest absolute Gasteiger partial charge is 0.168 e. The first-order valence-electron chi connectivity index (χ1n) is 12.9. The number of para-hydroxylation sites is 1. The Bertz CT molecular complexity index is 1530. The van der Waals surface area contributed by atoms with Gasteiger partial charge in [0.15, 0.2) is 12.4 Å². The van der Waals surface area contributed by atoms with E-state index in [2.05, 4.69) is 60.9 Å². The van der Waals surface area contributed by atoms with Gasteiger partial charge in [-0.3, -0.25) is 0 Å². The molecule has 0 aliphatic heterocycles. The Morgan fingerprint density at radius 1 is 0.811 bits per heavy atom. The van der Waals surface area contributed by atoms with Gasteiger partial charge in [0.05, 0.1) is 23.5 Å². The lowest BCUT2D eigenvalue weighted by molar-refractivity contribution is -0.671. The van der Waals surface area contributed by atoms with Gasteiger partial charge in [0.2, 0.25) is 0 Å². The average molecular weight is 488 g/mol. The highest BCUT2D eigenvalue weighted by Crippen LogP contribution is 2.40. The third kappa shape index (κ3) is 4.70. The van der Waals surface area contributed by atoms with Gasteiger partial charge in [-0.2, -0.15) is 0 Å². The van der Waals surface area contributed by atoms with Crippen LogP contribution in [0.25, 0.3) is 33.5 Å². The number of aryl methyl sites for hydroxylation is 1. The SMILES string of the molecule is C[n+]1ccc(CCOc2cccc3nc(-c4ccccc4)c(-c4ccc(C5(N)CCC5)cc4)nc23)cc1. The molecule has 2 heterocycles. The maximum Gasteiger partial charge on any atom is 0.168 e. The summed E-state index contributed by atoms with van der Waals surface area (Å²) in [7, 11) is 2.02. The van der Waals surface area contributed by atoms with E-state index < -0.39 is 0 Å². The molecule has 1 fully saturated rings. The number of benzene rings is 3. The number of aromatic nitrogens is 3. The van der Waals surface area contributed by atoms with Crippen LogP contribution in [0.5, 0.6) is 5.75 Å². The van der Waals surface area contributed by atoms with Crippen molar-refractivity contribution >= 4 is 11.0 Å². The summed E-state index contributed by atoms with van der Waals surface area (Å²) in [4.78, 5) is 10.2. The molecule has 1 saturated carbocycles. The van der Waals surface area contributed by atoms with E-state index in [9.17, 15) is 0 Å². The van der Waals surface area contributed by atoms with Crippen LogP contribution in [0.15, 0.2) is 97.3 Å². The Hall–Kier alpha value is -4.09. The molecule has 1 aliphatic rings. The Labute approximate surface area is 217 Å². The van der Waals surface area contributed by atoms with Crippen molar-refractivity contribution in [3.8, 4) is 28.3 Å². The summed E-state index contributed by atoms with van der Waals surface area (Å²) in [6.07, 6.45) is 8.21. The minimum atomic E-state index is -0.187. The van der Waals surface area contributed by atoms with Crippen LogP contribution in [0, 0.1) is 0 Å². The number of nitrogens with zero attached hydrogens (tertiary/aromatic N) is 3. The quantitative estimate of drug-likeness (QED) is 0.297. The van der Waals surface area contributed by atoms with Crippen molar-refractivity contribution in [1.82, 2.24) is 9.97 Å². The van der Waals surface area contributed by atoms with Crippen molar-refractivity contribution < 1.29 is 9.30 Å². The first kappa shape index (κ1) is 23.3. The number of ether oxygens (including phenoxy) is 1. The number of hydrogen-bond acceptors (Lipinski definition) is 4. The highest BCUT2D eigenvalue weighted by atomic mass is 16.5. The van der Waals surface area contributed by atoms with E-state index in [1.807, 2.05) is 48.0 Å². The van der Waals surface area contributed by atoms with E-state index in [1.54, 1.807) is 0 Å². The maximum atomic E-state index is 6.58. The largest absolute Gasteiger partial charge is 0.491 e. The van der Waals surface area contributed by atoms with Crippen LogP contribution in [-0.4, -0.2) is 16.6 Å².